The molecule has 0 aliphatic carbocycles. The Hall–Kier alpha value is -2.07. The van der Waals surface area contributed by atoms with E-state index >= 15 is 0 Å². The van der Waals surface area contributed by atoms with Crippen molar-refractivity contribution in [2.45, 2.75) is 26.3 Å². The van der Waals surface area contributed by atoms with Gasteiger partial charge in [0.15, 0.2) is 11.5 Å². The third-order valence-electron chi connectivity index (χ3n) is 2.89. The number of nitrogens with zero attached hydrogens (tertiary/aromatic N) is 1. The van der Waals surface area contributed by atoms with E-state index in [1.807, 2.05) is 44.2 Å². The molecule has 0 saturated carbocycles. The molecule has 0 spiro atoms. The molecular weight excluding hydrogens is 252 g/mol. The first-order valence-corrected chi connectivity index (χ1v) is 6.61. The van der Waals surface area contributed by atoms with Gasteiger partial charge in [0.05, 0.1) is 7.11 Å². The van der Waals surface area contributed by atoms with Gasteiger partial charge in [-0.25, -0.2) is 4.98 Å². The van der Waals surface area contributed by atoms with Crippen LogP contribution in [0, 0.1) is 6.92 Å². The predicted molar refractivity (Wildman–Crippen MR) is 79.4 cm³/mol. The molecule has 4 heteroatoms. The Kier molecular flexibility index (Phi) is 4.58. The summed E-state index contributed by atoms with van der Waals surface area (Å²) in [6.45, 7) is 3.98. The number of rotatable bonds is 5. The Morgan fingerprint density at radius 1 is 1.20 bits per heavy atom. The quantitative estimate of drug-likeness (QED) is 0.908. The maximum Gasteiger partial charge on any atom is 0.219 e. The molecule has 2 aromatic rings. The molecule has 0 radical (unpaired) electrons. The second-order valence-electron chi connectivity index (χ2n) is 4.94. The van der Waals surface area contributed by atoms with Crippen molar-refractivity contribution in [3.63, 3.8) is 0 Å². The highest BCUT2D eigenvalue weighted by molar-refractivity contribution is 5.44. The lowest BCUT2D eigenvalue weighted by Gasteiger charge is -2.11. The van der Waals surface area contributed by atoms with Crippen LogP contribution in [0.3, 0.4) is 0 Å². The second kappa shape index (κ2) is 6.39. The van der Waals surface area contributed by atoms with Crippen molar-refractivity contribution in [3.05, 3.63) is 47.7 Å². The molecule has 1 heterocycles. The molecule has 4 nitrogen and oxygen atoms in total. The van der Waals surface area contributed by atoms with E-state index in [9.17, 15) is 0 Å². The summed E-state index contributed by atoms with van der Waals surface area (Å²) in [5.41, 5.74) is 7.98. The molecule has 0 fully saturated rings. The molecule has 1 aromatic carbocycles. The highest BCUT2D eigenvalue weighted by Gasteiger charge is 2.07. The molecule has 1 aromatic heterocycles. The molecule has 2 N–H and O–H groups in total. The molecule has 0 amide bonds. The molecule has 0 aliphatic heterocycles. The zero-order valence-corrected chi connectivity index (χ0v) is 12.1. The van der Waals surface area contributed by atoms with Crippen molar-refractivity contribution < 1.29 is 9.47 Å². The van der Waals surface area contributed by atoms with Gasteiger partial charge in [0.2, 0.25) is 5.88 Å². The molecule has 1 unspecified atom stereocenters. The van der Waals surface area contributed by atoms with Crippen LogP contribution in [-0.2, 0) is 6.42 Å². The van der Waals surface area contributed by atoms with Crippen LogP contribution < -0.4 is 15.2 Å². The van der Waals surface area contributed by atoms with E-state index in [-0.39, 0.29) is 6.04 Å². The molecule has 1 atom stereocenters. The fraction of sp³-hybridized carbons (Fsp3) is 0.312. The molecular formula is C16H20N2O2. The molecule has 0 aliphatic rings. The number of methoxy groups -OCH3 is 1. The molecule has 2 rings (SSSR count). The van der Waals surface area contributed by atoms with Crippen LogP contribution >= 0.6 is 0 Å². The predicted octanol–water partition coefficient (Wildman–Crippen LogP) is 3.08. The Morgan fingerprint density at radius 2 is 2.00 bits per heavy atom. The smallest absolute Gasteiger partial charge is 0.219 e. The largest absolute Gasteiger partial charge is 0.493 e. The van der Waals surface area contributed by atoms with Crippen molar-refractivity contribution in [1.82, 2.24) is 4.98 Å². The van der Waals surface area contributed by atoms with Gasteiger partial charge in [-0.15, -0.1) is 0 Å². The lowest BCUT2D eigenvalue weighted by molar-refractivity contribution is 0.374. The van der Waals surface area contributed by atoms with Gasteiger partial charge in [0.1, 0.15) is 0 Å². The lowest BCUT2D eigenvalue weighted by Crippen LogP contribution is -2.17. The summed E-state index contributed by atoms with van der Waals surface area (Å²) in [5.74, 6) is 1.90. The number of ether oxygens (including phenoxy) is 2. The summed E-state index contributed by atoms with van der Waals surface area (Å²) in [6.07, 6.45) is 2.60. The number of hydrogen-bond acceptors (Lipinski definition) is 4. The maximum absolute atomic E-state index is 5.76. The van der Waals surface area contributed by atoms with Crippen molar-refractivity contribution in [1.29, 1.82) is 0 Å². The minimum atomic E-state index is 0.126. The molecule has 20 heavy (non-hydrogen) atoms. The summed E-state index contributed by atoms with van der Waals surface area (Å²) >= 11 is 0. The van der Waals surface area contributed by atoms with E-state index in [2.05, 4.69) is 4.98 Å². The Morgan fingerprint density at radius 3 is 2.60 bits per heavy atom. The van der Waals surface area contributed by atoms with E-state index in [0.29, 0.717) is 17.4 Å². The summed E-state index contributed by atoms with van der Waals surface area (Å²) < 4.78 is 11.1. The average Bonchev–Trinajstić information content (AvgIpc) is 2.42. The van der Waals surface area contributed by atoms with Gasteiger partial charge < -0.3 is 15.2 Å². The zero-order valence-electron chi connectivity index (χ0n) is 12.1. The van der Waals surface area contributed by atoms with Crippen molar-refractivity contribution >= 4 is 0 Å². The number of benzene rings is 1. The number of pyridine rings is 1. The maximum atomic E-state index is 5.76. The zero-order chi connectivity index (χ0) is 14.5. The SMILES string of the molecule is COc1cc(C)ccc1Oc1ccc(CC(C)N)cn1. The highest BCUT2D eigenvalue weighted by atomic mass is 16.5. The van der Waals surface area contributed by atoms with Crippen molar-refractivity contribution in [3.8, 4) is 17.4 Å². The van der Waals surface area contributed by atoms with Crippen LogP contribution in [0.1, 0.15) is 18.1 Å². The first kappa shape index (κ1) is 14.3. The minimum absolute atomic E-state index is 0.126. The van der Waals surface area contributed by atoms with Crippen LogP contribution in [0.25, 0.3) is 0 Å². The van der Waals surface area contributed by atoms with E-state index in [1.54, 1.807) is 13.3 Å². The Balaban J connectivity index is 2.14. The topological polar surface area (TPSA) is 57.4 Å². The fourth-order valence-corrected chi connectivity index (χ4v) is 1.94. The third kappa shape index (κ3) is 3.71. The van der Waals surface area contributed by atoms with E-state index in [1.165, 1.54) is 0 Å². The fourth-order valence-electron chi connectivity index (χ4n) is 1.94. The van der Waals surface area contributed by atoms with E-state index < -0.39 is 0 Å². The van der Waals surface area contributed by atoms with Crippen LogP contribution in [0.2, 0.25) is 0 Å². The third-order valence-corrected chi connectivity index (χ3v) is 2.89. The summed E-state index contributed by atoms with van der Waals surface area (Å²) in [7, 11) is 1.63. The average molecular weight is 272 g/mol. The van der Waals surface area contributed by atoms with Crippen molar-refractivity contribution in [2.75, 3.05) is 7.11 Å². The normalized spacial score (nSPS) is 12.0. The van der Waals surface area contributed by atoms with Gasteiger partial charge in [-0.1, -0.05) is 12.1 Å². The van der Waals surface area contributed by atoms with Crippen molar-refractivity contribution in [2.24, 2.45) is 5.73 Å². The van der Waals surface area contributed by atoms with Crippen LogP contribution in [0.15, 0.2) is 36.5 Å². The lowest BCUT2D eigenvalue weighted by atomic mass is 10.1. The van der Waals surface area contributed by atoms with Crippen LogP contribution in [-0.4, -0.2) is 18.1 Å². The minimum Gasteiger partial charge on any atom is -0.493 e. The Bertz CT molecular complexity index is 565. The summed E-state index contributed by atoms with van der Waals surface area (Å²) in [5, 5.41) is 0. The monoisotopic (exact) mass is 272 g/mol. The second-order valence-corrected chi connectivity index (χ2v) is 4.94. The van der Waals surface area contributed by atoms with Gasteiger partial charge in [0, 0.05) is 18.3 Å². The van der Waals surface area contributed by atoms with E-state index in [4.69, 9.17) is 15.2 Å². The number of aromatic nitrogens is 1. The first-order chi connectivity index (χ1) is 9.58. The van der Waals surface area contributed by atoms with E-state index in [0.717, 1.165) is 17.5 Å². The van der Waals surface area contributed by atoms with Gasteiger partial charge >= 0.3 is 0 Å². The van der Waals surface area contributed by atoms with Crippen LogP contribution in [0.4, 0.5) is 0 Å². The molecule has 0 bridgehead atoms. The molecule has 0 saturated heterocycles. The van der Waals surface area contributed by atoms with Gasteiger partial charge in [-0.3, -0.25) is 0 Å². The van der Waals surface area contributed by atoms with Gasteiger partial charge in [-0.2, -0.15) is 0 Å². The summed E-state index contributed by atoms with van der Waals surface area (Å²) in [6, 6.07) is 9.73. The van der Waals surface area contributed by atoms with Gasteiger partial charge in [-0.05, 0) is 43.5 Å². The molecule has 106 valence electrons. The number of aryl methyl sites for hydroxylation is 1. The Labute approximate surface area is 119 Å². The first-order valence-electron chi connectivity index (χ1n) is 6.61. The summed E-state index contributed by atoms with van der Waals surface area (Å²) in [4.78, 5) is 4.29. The number of hydrogen-bond donors (Lipinski definition) is 1. The standard InChI is InChI=1S/C16H20N2O2/c1-11-4-6-14(15(8-11)19-3)20-16-7-5-13(10-18-16)9-12(2)17/h4-8,10,12H,9,17H2,1-3H3. The number of nitrogens with two attached hydrogens (primary N) is 1. The highest BCUT2D eigenvalue weighted by Crippen LogP contribution is 2.31. The van der Waals surface area contributed by atoms with Crippen LogP contribution in [0.5, 0.6) is 17.4 Å². The van der Waals surface area contributed by atoms with Gasteiger partial charge in [0.25, 0.3) is 0 Å².